The first-order valence-electron chi connectivity index (χ1n) is 5.71. The predicted octanol–water partition coefficient (Wildman–Crippen LogP) is 4.63. The van der Waals surface area contributed by atoms with Gasteiger partial charge in [-0.3, -0.25) is 0 Å². The van der Waals surface area contributed by atoms with Crippen molar-refractivity contribution in [3.8, 4) is 0 Å². The second kappa shape index (κ2) is 3.82. The summed E-state index contributed by atoms with van der Waals surface area (Å²) in [6, 6.07) is 0. The summed E-state index contributed by atoms with van der Waals surface area (Å²) < 4.78 is 6.29. The smallest absolute Gasteiger partial charge is 0.250 e. The van der Waals surface area contributed by atoms with Crippen molar-refractivity contribution in [1.82, 2.24) is 0 Å². The van der Waals surface area contributed by atoms with Gasteiger partial charge in [-0.15, -0.1) is 0 Å². The molecule has 0 amide bonds. The van der Waals surface area contributed by atoms with Crippen LogP contribution in [0.2, 0.25) is 18.1 Å². The van der Waals surface area contributed by atoms with E-state index in [1.165, 1.54) is 11.1 Å². The van der Waals surface area contributed by atoms with E-state index in [1.807, 2.05) is 0 Å². The van der Waals surface area contributed by atoms with Gasteiger partial charge in [-0.05, 0) is 50.0 Å². The number of allylic oxidation sites excluding steroid dienone is 3. The first-order valence-corrected chi connectivity index (χ1v) is 8.62. The molecule has 86 valence electrons. The Labute approximate surface area is 95.4 Å². The second-order valence-corrected chi connectivity index (χ2v) is 10.8. The summed E-state index contributed by atoms with van der Waals surface area (Å²) in [4.78, 5) is 0. The van der Waals surface area contributed by atoms with Crippen molar-refractivity contribution in [2.24, 2.45) is 0 Å². The highest BCUT2D eigenvalue weighted by atomic mass is 28.4. The summed E-state index contributed by atoms with van der Waals surface area (Å²) in [6.07, 6.45) is 3.29. The van der Waals surface area contributed by atoms with E-state index in [0.717, 1.165) is 12.2 Å². The van der Waals surface area contributed by atoms with Crippen LogP contribution in [0.5, 0.6) is 0 Å². The molecule has 0 aliphatic heterocycles. The fourth-order valence-corrected chi connectivity index (χ4v) is 2.40. The van der Waals surface area contributed by atoms with Gasteiger partial charge in [0.05, 0.1) is 0 Å². The topological polar surface area (TPSA) is 9.23 Å². The minimum atomic E-state index is -1.64. The maximum atomic E-state index is 6.29. The molecule has 0 unspecified atom stereocenters. The number of rotatable bonds is 2. The van der Waals surface area contributed by atoms with Crippen LogP contribution in [0, 0.1) is 0 Å². The average molecular weight is 224 g/mol. The van der Waals surface area contributed by atoms with Crippen molar-refractivity contribution in [2.75, 3.05) is 0 Å². The van der Waals surface area contributed by atoms with E-state index in [2.05, 4.69) is 53.8 Å². The fourth-order valence-electron chi connectivity index (χ4n) is 1.31. The van der Waals surface area contributed by atoms with Crippen LogP contribution in [-0.4, -0.2) is 8.32 Å². The van der Waals surface area contributed by atoms with E-state index in [4.69, 9.17) is 4.43 Å². The Kier molecular flexibility index (Phi) is 3.20. The monoisotopic (exact) mass is 224 g/mol. The highest BCUT2D eigenvalue weighted by molar-refractivity contribution is 6.74. The van der Waals surface area contributed by atoms with Crippen molar-refractivity contribution >= 4 is 8.32 Å². The zero-order valence-corrected chi connectivity index (χ0v) is 12.2. The maximum Gasteiger partial charge on any atom is 0.250 e. The molecule has 1 rings (SSSR count). The molecular weight excluding hydrogens is 200 g/mol. The van der Waals surface area contributed by atoms with Crippen LogP contribution in [0.4, 0.5) is 0 Å². The quantitative estimate of drug-likeness (QED) is 0.621. The molecule has 0 saturated heterocycles. The molecule has 2 heteroatoms. The standard InChI is InChI=1S/C13H24OSi/c1-10-8-9-12(11(10)2)14-15(6,7)13(3,4)5/h9H,8H2,1-7H3. The van der Waals surface area contributed by atoms with E-state index >= 15 is 0 Å². The Balaban J connectivity index is 2.81. The Morgan fingerprint density at radius 1 is 1.20 bits per heavy atom. The third-order valence-electron chi connectivity index (χ3n) is 3.77. The zero-order chi connectivity index (χ0) is 11.9. The van der Waals surface area contributed by atoms with Crippen molar-refractivity contribution in [2.45, 2.75) is 59.2 Å². The minimum absolute atomic E-state index is 0.282. The predicted molar refractivity (Wildman–Crippen MR) is 69.4 cm³/mol. The zero-order valence-electron chi connectivity index (χ0n) is 11.2. The second-order valence-electron chi connectivity index (χ2n) is 6.04. The Morgan fingerprint density at radius 3 is 2.07 bits per heavy atom. The van der Waals surface area contributed by atoms with Gasteiger partial charge in [-0.25, -0.2) is 0 Å². The van der Waals surface area contributed by atoms with E-state index in [1.54, 1.807) is 0 Å². The molecule has 0 spiro atoms. The summed E-state index contributed by atoms with van der Waals surface area (Å²) in [7, 11) is -1.64. The highest BCUT2D eigenvalue weighted by Gasteiger charge is 2.39. The molecular formula is C13H24OSi. The largest absolute Gasteiger partial charge is 0.544 e. The van der Waals surface area contributed by atoms with Gasteiger partial charge in [0.1, 0.15) is 5.76 Å². The highest BCUT2D eigenvalue weighted by Crippen LogP contribution is 2.40. The summed E-state index contributed by atoms with van der Waals surface area (Å²) in [5.41, 5.74) is 2.79. The Morgan fingerprint density at radius 2 is 1.73 bits per heavy atom. The molecule has 0 atom stereocenters. The Hall–Kier alpha value is -0.503. The molecule has 1 nitrogen and oxygen atoms in total. The lowest BCUT2D eigenvalue weighted by Crippen LogP contribution is -2.40. The van der Waals surface area contributed by atoms with Gasteiger partial charge in [0.2, 0.25) is 8.32 Å². The van der Waals surface area contributed by atoms with Crippen LogP contribution < -0.4 is 0 Å². The third kappa shape index (κ3) is 2.54. The molecule has 1 aliphatic rings. The lowest BCUT2D eigenvalue weighted by Gasteiger charge is -2.37. The van der Waals surface area contributed by atoms with Crippen LogP contribution in [0.1, 0.15) is 41.0 Å². The normalized spacial score (nSPS) is 18.2. The molecule has 0 aromatic heterocycles. The SMILES string of the molecule is CC1=C(C)C(O[Si](C)(C)C(C)(C)C)=CC1. The molecule has 0 aromatic carbocycles. The summed E-state index contributed by atoms with van der Waals surface area (Å²) in [5, 5.41) is 0.282. The van der Waals surface area contributed by atoms with Crippen LogP contribution in [0.15, 0.2) is 23.0 Å². The fraction of sp³-hybridized carbons (Fsp3) is 0.692. The van der Waals surface area contributed by atoms with Crippen molar-refractivity contribution in [1.29, 1.82) is 0 Å². The van der Waals surface area contributed by atoms with Crippen LogP contribution in [0.25, 0.3) is 0 Å². The lowest BCUT2D eigenvalue weighted by atomic mass is 10.2. The molecule has 0 fully saturated rings. The average Bonchev–Trinajstić information content (AvgIpc) is 2.33. The van der Waals surface area contributed by atoms with E-state index < -0.39 is 8.32 Å². The van der Waals surface area contributed by atoms with Gasteiger partial charge in [0.25, 0.3) is 0 Å². The minimum Gasteiger partial charge on any atom is -0.544 e. The van der Waals surface area contributed by atoms with Crippen molar-refractivity contribution < 1.29 is 4.43 Å². The first kappa shape index (κ1) is 12.6. The van der Waals surface area contributed by atoms with Crippen LogP contribution >= 0.6 is 0 Å². The van der Waals surface area contributed by atoms with Gasteiger partial charge in [-0.2, -0.15) is 0 Å². The summed E-state index contributed by atoms with van der Waals surface area (Å²) in [5.74, 6) is 1.14. The van der Waals surface area contributed by atoms with Crippen molar-refractivity contribution in [3.05, 3.63) is 23.0 Å². The van der Waals surface area contributed by atoms with Crippen LogP contribution in [-0.2, 0) is 4.43 Å². The molecule has 0 aromatic rings. The molecule has 1 aliphatic carbocycles. The first-order chi connectivity index (χ1) is 6.65. The molecule has 0 bridgehead atoms. The van der Waals surface area contributed by atoms with Crippen LogP contribution in [0.3, 0.4) is 0 Å². The number of hydrogen-bond donors (Lipinski definition) is 0. The molecule has 0 radical (unpaired) electrons. The Bertz CT molecular complexity index is 316. The third-order valence-corrected chi connectivity index (χ3v) is 8.12. The maximum absolute atomic E-state index is 6.29. The van der Waals surface area contributed by atoms with Crippen molar-refractivity contribution in [3.63, 3.8) is 0 Å². The van der Waals surface area contributed by atoms with Gasteiger partial charge in [-0.1, -0.05) is 26.3 Å². The lowest BCUT2D eigenvalue weighted by molar-refractivity contribution is 0.394. The summed E-state index contributed by atoms with van der Waals surface area (Å²) in [6.45, 7) is 15.8. The van der Waals surface area contributed by atoms with E-state index in [-0.39, 0.29) is 5.04 Å². The van der Waals surface area contributed by atoms with Gasteiger partial charge in [0.15, 0.2) is 0 Å². The molecule has 0 N–H and O–H groups in total. The number of hydrogen-bond acceptors (Lipinski definition) is 1. The van der Waals surface area contributed by atoms with Gasteiger partial charge >= 0.3 is 0 Å². The molecule has 15 heavy (non-hydrogen) atoms. The van der Waals surface area contributed by atoms with Gasteiger partial charge in [0, 0.05) is 0 Å². The molecule has 0 heterocycles. The van der Waals surface area contributed by atoms with E-state index in [9.17, 15) is 0 Å². The van der Waals surface area contributed by atoms with E-state index in [0.29, 0.717) is 0 Å². The molecule has 0 saturated carbocycles. The summed E-state index contributed by atoms with van der Waals surface area (Å²) >= 11 is 0. The van der Waals surface area contributed by atoms with Gasteiger partial charge < -0.3 is 4.43 Å².